The topological polar surface area (TPSA) is 250 Å². The number of rotatable bonds is 19. The highest BCUT2D eigenvalue weighted by molar-refractivity contribution is 6.00. The van der Waals surface area contributed by atoms with Crippen molar-refractivity contribution < 1.29 is 58.3 Å². The van der Waals surface area contributed by atoms with Gasteiger partial charge < -0.3 is 54.3 Å². The van der Waals surface area contributed by atoms with E-state index in [0.717, 1.165) is 27.1 Å². The Morgan fingerprint density at radius 2 is 1.28 bits per heavy atom. The van der Waals surface area contributed by atoms with Gasteiger partial charge in [0.2, 0.25) is 0 Å². The van der Waals surface area contributed by atoms with Crippen molar-refractivity contribution in [1.82, 2.24) is 10.3 Å². The molecule has 57 heavy (non-hydrogen) atoms. The van der Waals surface area contributed by atoms with Gasteiger partial charge in [-0.25, -0.2) is 4.98 Å². The van der Waals surface area contributed by atoms with Gasteiger partial charge in [0, 0.05) is 44.5 Å². The van der Waals surface area contributed by atoms with Crippen molar-refractivity contribution in [3.8, 4) is 23.0 Å². The van der Waals surface area contributed by atoms with E-state index in [9.17, 15) is 49.2 Å². The number of nitrogens with zero attached hydrogens (tertiary/aromatic N) is 4. The highest BCUT2D eigenvalue weighted by Gasteiger charge is 2.23. The molecule has 0 aromatic heterocycles. The van der Waals surface area contributed by atoms with Crippen LogP contribution in [0.3, 0.4) is 0 Å². The molecule has 0 spiro atoms. The fourth-order valence-electron chi connectivity index (χ4n) is 5.87. The molecule has 0 radical (unpaired) electrons. The fraction of sp³-hybridized carbons (Fsp3) is 0.256. The molecule has 3 aromatic rings. The number of benzene rings is 4. The number of amides is 1. The third-order valence-electron chi connectivity index (χ3n) is 8.38. The molecule has 0 atom stereocenters. The van der Waals surface area contributed by atoms with Gasteiger partial charge in [-0.15, -0.1) is 0 Å². The lowest BCUT2D eigenvalue weighted by Crippen LogP contribution is -2.35. The lowest BCUT2D eigenvalue weighted by Gasteiger charge is -2.25. The van der Waals surface area contributed by atoms with Gasteiger partial charge in [-0.05, 0) is 54.4 Å². The summed E-state index contributed by atoms with van der Waals surface area (Å²) < 4.78 is 17.9. The van der Waals surface area contributed by atoms with Gasteiger partial charge in [-0.2, -0.15) is 0 Å². The number of anilines is 3. The molecule has 1 amide bonds. The van der Waals surface area contributed by atoms with Crippen molar-refractivity contribution in [1.29, 1.82) is 0 Å². The van der Waals surface area contributed by atoms with E-state index in [4.69, 9.17) is 13.9 Å². The van der Waals surface area contributed by atoms with E-state index >= 15 is 0 Å². The third kappa shape index (κ3) is 10.7. The molecule has 5 N–H and O–H groups in total. The van der Waals surface area contributed by atoms with Crippen LogP contribution in [0.15, 0.2) is 75.9 Å². The second-order valence-corrected chi connectivity index (χ2v) is 13.0. The summed E-state index contributed by atoms with van der Waals surface area (Å²) in [6.45, 7) is -1.31. The molecule has 298 valence electrons. The molecule has 0 bridgehead atoms. The van der Waals surface area contributed by atoms with E-state index in [1.165, 1.54) is 24.3 Å². The van der Waals surface area contributed by atoms with Gasteiger partial charge in [-0.3, -0.25) is 28.8 Å². The van der Waals surface area contributed by atoms with Crippen molar-refractivity contribution in [2.24, 2.45) is 0 Å². The Bertz CT molecular complexity index is 2330. The van der Waals surface area contributed by atoms with Crippen LogP contribution in [-0.2, 0) is 25.7 Å². The summed E-state index contributed by atoms with van der Waals surface area (Å²) in [7, 11) is 3.73. The van der Waals surface area contributed by atoms with Crippen LogP contribution in [0.5, 0.6) is 11.5 Å². The molecule has 1 heterocycles. The zero-order valence-corrected chi connectivity index (χ0v) is 31.1. The van der Waals surface area contributed by atoms with Crippen LogP contribution < -0.4 is 34.9 Å². The molecule has 5 rings (SSSR count). The number of nitrogens with one attached hydrogen (secondary N) is 1. The highest BCUT2D eigenvalue weighted by atomic mass is 16.5. The maximum absolute atomic E-state index is 13.5. The smallest absolute Gasteiger partial charge is 0.323 e. The van der Waals surface area contributed by atoms with Gasteiger partial charge in [0.05, 0.1) is 16.9 Å². The van der Waals surface area contributed by atoms with E-state index in [2.05, 4.69) is 10.3 Å². The molecule has 0 saturated heterocycles. The number of carbonyl (C=O) groups is 5. The van der Waals surface area contributed by atoms with Gasteiger partial charge in [-0.1, -0.05) is 12.1 Å². The molecule has 1 aliphatic carbocycles. The van der Waals surface area contributed by atoms with E-state index < -0.39 is 61.4 Å². The van der Waals surface area contributed by atoms with Crippen LogP contribution in [0.2, 0.25) is 0 Å². The second kappa shape index (κ2) is 17.8. The van der Waals surface area contributed by atoms with Crippen molar-refractivity contribution in [3.05, 3.63) is 93.6 Å². The molecular weight excluding hydrogens is 746 g/mol. The Balaban J connectivity index is 1.38. The minimum Gasteiger partial charge on any atom is -0.488 e. The van der Waals surface area contributed by atoms with Crippen LogP contribution in [0.1, 0.15) is 21.5 Å². The second-order valence-electron chi connectivity index (χ2n) is 13.0. The maximum Gasteiger partial charge on any atom is 0.323 e. The number of hydrogen-bond donors (Lipinski definition) is 5. The van der Waals surface area contributed by atoms with Gasteiger partial charge in [0.1, 0.15) is 62.1 Å². The van der Waals surface area contributed by atoms with Crippen molar-refractivity contribution >= 4 is 57.9 Å². The summed E-state index contributed by atoms with van der Waals surface area (Å²) in [4.78, 5) is 81.2. The summed E-state index contributed by atoms with van der Waals surface area (Å²) >= 11 is 0. The van der Waals surface area contributed by atoms with E-state index in [1.807, 2.05) is 25.1 Å². The zero-order valence-electron chi connectivity index (χ0n) is 31.1. The van der Waals surface area contributed by atoms with Crippen LogP contribution in [0.4, 0.5) is 17.1 Å². The maximum atomic E-state index is 13.5. The first kappa shape index (κ1) is 40.8. The summed E-state index contributed by atoms with van der Waals surface area (Å²) in [6, 6.07) is 17.0. The molecule has 1 aliphatic heterocycles. The first-order valence-corrected chi connectivity index (χ1v) is 17.3. The first-order valence-electron chi connectivity index (χ1n) is 17.3. The van der Waals surface area contributed by atoms with Gasteiger partial charge in [0.15, 0.2) is 16.8 Å². The predicted molar refractivity (Wildman–Crippen MR) is 206 cm³/mol. The Morgan fingerprint density at radius 1 is 0.719 bits per heavy atom. The Morgan fingerprint density at radius 3 is 1.84 bits per heavy atom. The molecule has 0 fully saturated rings. The molecule has 18 nitrogen and oxygen atoms in total. The van der Waals surface area contributed by atoms with Crippen LogP contribution in [0.25, 0.3) is 22.6 Å². The normalized spacial score (nSPS) is 10.9. The van der Waals surface area contributed by atoms with E-state index in [-0.39, 0.29) is 59.6 Å². The highest BCUT2D eigenvalue weighted by Crippen LogP contribution is 2.33. The minimum atomic E-state index is -1.31. The lowest BCUT2D eigenvalue weighted by molar-refractivity contribution is -0.138. The zero-order chi connectivity index (χ0) is 41.4. The SMILES string of the molecule is Cc1ccc(N(CC(=O)O)CC(=O)O)c(OCCOc2cc(CNC(=O)c3cc(=O)cc4oc5cc(N(C)C)ccc5nc3-4)ccc2N(CC(=O)O)CC(=O)O)c1. The number of carboxylic acids is 4. The van der Waals surface area contributed by atoms with Crippen molar-refractivity contribution in [2.75, 3.05) is 68.2 Å². The van der Waals surface area contributed by atoms with Gasteiger partial charge >= 0.3 is 23.9 Å². The third-order valence-corrected chi connectivity index (χ3v) is 8.38. The Kier molecular flexibility index (Phi) is 12.8. The standard InChI is InChI=1S/C39H39N5O13/c1-22-4-8-28(43(18-34(46)47)19-35(48)49)31(12-22)55-10-11-56-32-13-23(5-9-29(32)44(20-36(50)51)21-37(52)53)17-40-39(54)26-15-25(45)16-33-38(26)41-27-7-6-24(42(2)3)14-30(27)57-33/h4-9,12-16H,10-11,17-21H2,1-3H3,(H,40,54)(H,46,47)(H,48,49)(H,50,51)(H,52,53). The molecule has 3 aromatic carbocycles. The quantitative estimate of drug-likeness (QED) is 0.0596. The molecule has 2 aliphatic rings. The Hall–Kier alpha value is -7.37. The van der Waals surface area contributed by atoms with E-state index in [0.29, 0.717) is 16.7 Å². The molecular formula is C39H39N5O13. The fourth-order valence-corrected chi connectivity index (χ4v) is 5.87. The number of aromatic nitrogens is 1. The van der Waals surface area contributed by atoms with Gasteiger partial charge in [0.25, 0.3) is 5.91 Å². The number of aliphatic carboxylic acids is 4. The Labute approximate surface area is 324 Å². The van der Waals surface area contributed by atoms with Crippen LogP contribution in [-0.4, -0.2) is 109 Å². The summed E-state index contributed by atoms with van der Waals surface area (Å²) in [6.07, 6.45) is 0. The van der Waals surface area contributed by atoms with Crippen LogP contribution >= 0.6 is 0 Å². The van der Waals surface area contributed by atoms with E-state index in [1.54, 1.807) is 37.3 Å². The lowest BCUT2D eigenvalue weighted by atomic mass is 10.1. The number of carboxylic acid groups (broad SMARTS) is 4. The summed E-state index contributed by atoms with van der Waals surface area (Å²) in [5.74, 6) is -5.42. The predicted octanol–water partition coefficient (Wildman–Crippen LogP) is 3.01. The summed E-state index contributed by atoms with van der Waals surface area (Å²) in [5.41, 5.74) is 2.90. The average molecular weight is 786 g/mol. The number of fused-ring (bicyclic) bond motifs is 2. The monoisotopic (exact) mass is 785 g/mol. The number of hydrogen-bond acceptors (Lipinski definition) is 13. The van der Waals surface area contributed by atoms with Crippen LogP contribution in [0, 0.1) is 6.92 Å². The first-order chi connectivity index (χ1) is 27.1. The molecule has 18 heteroatoms. The average Bonchev–Trinajstić information content (AvgIpc) is 3.13. The number of ether oxygens (including phenoxy) is 2. The molecule has 0 unspecified atom stereocenters. The minimum absolute atomic E-state index is 0.0278. The molecule has 0 saturated carbocycles. The summed E-state index contributed by atoms with van der Waals surface area (Å²) in [5, 5.41) is 40.5. The van der Waals surface area contributed by atoms with Crippen molar-refractivity contribution in [3.63, 3.8) is 0 Å². The number of aryl methyl sites for hydroxylation is 1. The van der Waals surface area contributed by atoms with Crippen molar-refractivity contribution in [2.45, 2.75) is 13.5 Å². The number of carbonyl (C=O) groups excluding carboxylic acids is 1. The largest absolute Gasteiger partial charge is 0.488 e.